The Labute approximate surface area is 212 Å². The molecule has 8 N–H and O–H groups in total. The number of nitrogens with one attached hydrogen (secondary N) is 1. The van der Waals surface area contributed by atoms with E-state index in [0.717, 1.165) is 27.8 Å². The van der Waals surface area contributed by atoms with Crippen molar-refractivity contribution < 1.29 is 19.5 Å². The van der Waals surface area contributed by atoms with Gasteiger partial charge in [-0.1, -0.05) is 24.3 Å². The maximum atomic E-state index is 13.6. The molecule has 0 unspecified atom stereocenters. The first-order chi connectivity index (χ1) is 17.1. The third kappa shape index (κ3) is 6.41. The lowest BCUT2D eigenvalue weighted by Crippen LogP contribution is -2.59. The Kier molecular flexibility index (Phi) is 9.06. The minimum Gasteiger partial charge on any atom is -0.508 e. The average molecular weight is 496 g/mol. The van der Waals surface area contributed by atoms with Gasteiger partial charge in [0.2, 0.25) is 17.7 Å². The maximum Gasteiger partial charge on any atom is 0.243 e. The van der Waals surface area contributed by atoms with Gasteiger partial charge in [-0.15, -0.1) is 0 Å². The van der Waals surface area contributed by atoms with E-state index < -0.39 is 29.9 Å². The molecule has 3 rings (SSSR count). The van der Waals surface area contributed by atoms with Crippen LogP contribution in [0.1, 0.15) is 47.1 Å². The van der Waals surface area contributed by atoms with Gasteiger partial charge in [0, 0.05) is 13.0 Å². The van der Waals surface area contributed by atoms with Gasteiger partial charge in [-0.25, -0.2) is 0 Å². The molecule has 2 aromatic rings. The fourth-order valence-electron chi connectivity index (χ4n) is 4.85. The zero-order chi connectivity index (χ0) is 26.4. The number of nitrogens with two attached hydrogens (primary N) is 3. The van der Waals surface area contributed by atoms with E-state index in [9.17, 15) is 19.5 Å². The highest BCUT2D eigenvalue weighted by molar-refractivity contribution is 5.93. The van der Waals surface area contributed by atoms with E-state index in [2.05, 4.69) is 5.32 Å². The Hall–Kier alpha value is -3.43. The van der Waals surface area contributed by atoms with Crippen LogP contribution < -0.4 is 22.5 Å². The predicted molar refractivity (Wildman–Crippen MR) is 138 cm³/mol. The van der Waals surface area contributed by atoms with Crippen molar-refractivity contribution in [1.29, 1.82) is 0 Å². The van der Waals surface area contributed by atoms with Gasteiger partial charge in [0.05, 0.1) is 6.04 Å². The summed E-state index contributed by atoms with van der Waals surface area (Å²) in [5, 5.41) is 12.6. The highest BCUT2D eigenvalue weighted by Gasteiger charge is 2.37. The van der Waals surface area contributed by atoms with Crippen LogP contribution in [-0.2, 0) is 33.8 Å². The monoisotopic (exact) mass is 495 g/mol. The number of aromatic hydroxyl groups is 1. The molecule has 0 aliphatic carbocycles. The smallest absolute Gasteiger partial charge is 0.243 e. The van der Waals surface area contributed by atoms with Gasteiger partial charge < -0.3 is 32.5 Å². The number of unbranched alkanes of at least 4 members (excludes halogenated alkanes) is 1. The van der Waals surface area contributed by atoms with Gasteiger partial charge >= 0.3 is 0 Å². The summed E-state index contributed by atoms with van der Waals surface area (Å²) in [4.78, 5) is 40.5. The molecule has 0 fully saturated rings. The van der Waals surface area contributed by atoms with Crippen LogP contribution in [-0.4, -0.2) is 52.4 Å². The highest BCUT2D eigenvalue weighted by atomic mass is 16.3. The molecule has 9 nitrogen and oxygen atoms in total. The van der Waals surface area contributed by atoms with Crippen LogP contribution >= 0.6 is 0 Å². The topological polar surface area (TPSA) is 165 Å². The number of fused-ring (bicyclic) bond motifs is 1. The first-order valence-corrected chi connectivity index (χ1v) is 12.3. The standard InChI is InChI=1S/C27H37N5O4/c1-16-11-20(33)12-17(2)21(16)14-22(29)27(36)32-15-19-8-4-3-7-18(19)13-24(32)26(35)31-23(25(30)34)9-5-6-10-28/h3-4,7-8,11-12,22-24,33H,5-6,9-10,13-15,28-29H2,1-2H3,(H2,30,34)(H,31,35)/t22-,23-,24-/m0/s1. The average Bonchev–Trinajstić information content (AvgIpc) is 2.84. The molecule has 3 amide bonds. The molecule has 1 heterocycles. The lowest BCUT2D eigenvalue weighted by atomic mass is 9.91. The maximum absolute atomic E-state index is 13.6. The van der Waals surface area contributed by atoms with Crippen molar-refractivity contribution in [1.82, 2.24) is 10.2 Å². The molecule has 9 heteroatoms. The summed E-state index contributed by atoms with van der Waals surface area (Å²) >= 11 is 0. The zero-order valence-electron chi connectivity index (χ0n) is 21.0. The normalized spacial score (nSPS) is 16.7. The minimum atomic E-state index is -0.885. The van der Waals surface area contributed by atoms with Crippen molar-refractivity contribution in [2.24, 2.45) is 17.2 Å². The summed E-state index contributed by atoms with van der Waals surface area (Å²) in [6.07, 6.45) is 2.33. The lowest BCUT2D eigenvalue weighted by Gasteiger charge is -2.38. The predicted octanol–water partition coefficient (Wildman–Crippen LogP) is 0.931. The van der Waals surface area contributed by atoms with E-state index in [1.807, 2.05) is 38.1 Å². The van der Waals surface area contributed by atoms with Crippen molar-refractivity contribution in [2.45, 2.75) is 70.6 Å². The van der Waals surface area contributed by atoms with E-state index >= 15 is 0 Å². The summed E-state index contributed by atoms with van der Waals surface area (Å²) in [5.41, 5.74) is 22.0. The summed E-state index contributed by atoms with van der Waals surface area (Å²) in [5.74, 6) is -1.24. The molecule has 36 heavy (non-hydrogen) atoms. The van der Waals surface area contributed by atoms with Gasteiger partial charge in [0.1, 0.15) is 17.8 Å². The Balaban J connectivity index is 1.84. The number of phenolic OH excluding ortho intramolecular Hbond substituents is 1. The molecule has 1 aliphatic rings. The number of amides is 3. The number of hydrogen-bond acceptors (Lipinski definition) is 6. The van der Waals surface area contributed by atoms with E-state index in [-0.39, 0.29) is 24.6 Å². The SMILES string of the molecule is Cc1cc(O)cc(C)c1C[C@H](N)C(=O)N1Cc2ccccc2C[C@H]1C(=O)N[C@@H](CCCCN)C(N)=O. The number of nitrogens with zero attached hydrogens (tertiary/aromatic N) is 1. The van der Waals surface area contributed by atoms with Crippen LogP contribution in [0.4, 0.5) is 0 Å². The van der Waals surface area contributed by atoms with Crippen LogP contribution in [0.2, 0.25) is 0 Å². The number of aryl methyl sites for hydroxylation is 2. The van der Waals surface area contributed by atoms with Gasteiger partial charge in [0.15, 0.2) is 0 Å². The second kappa shape index (κ2) is 12.0. The van der Waals surface area contributed by atoms with E-state index in [0.29, 0.717) is 32.2 Å². The van der Waals surface area contributed by atoms with Gasteiger partial charge in [-0.3, -0.25) is 14.4 Å². The second-order valence-electron chi connectivity index (χ2n) is 9.57. The summed E-state index contributed by atoms with van der Waals surface area (Å²) in [7, 11) is 0. The van der Waals surface area contributed by atoms with Gasteiger partial charge in [-0.05, 0) is 86.0 Å². The Morgan fingerprint density at radius 2 is 1.75 bits per heavy atom. The largest absolute Gasteiger partial charge is 0.508 e. The Morgan fingerprint density at radius 3 is 2.36 bits per heavy atom. The summed E-state index contributed by atoms with van der Waals surface area (Å²) < 4.78 is 0. The van der Waals surface area contributed by atoms with Crippen molar-refractivity contribution in [3.8, 4) is 5.75 Å². The Bertz CT molecular complexity index is 1100. The molecule has 0 bridgehead atoms. The number of rotatable bonds is 10. The number of hydrogen-bond donors (Lipinski definition) is 5. The van der Waals surface area contributed by atoms with Crippen LogP contribution in [0.3, 0.4) is 0 Å². The fourth-order valence-corrected chi connectivity index (χ4v) is 4.85. The number of primary amides is 1. The molecule has 0 spiro atoms. The summed E-state index contributed by atoms with van der Waals surface area (Å²) in [6, 6.07) is 8.40. The molecule has 0 aromatic heterocycles. The minimum absolute atomic E-state index is 0.161. The third-order valence-electron chi connectivity index (χ3n) is 6.86. The van der Waals surface area contributed by atoms with Crippen molar-refractivity contribution in [3.63, 3.8) is 0 Å². The molecule has 0 saturated carbocycles. The number of carbonyl (C=O) groups is 3. The molecular weight excluding hydrogens is 458 g/mol. The van der Waals surface area contributed by atoms with E-state index in [1.165, 1.54) is 4.90 Å². The van der Waals surface area contributed by atoms with Crippen molar-refractivity contribution in [2.75, 3.05) is 6.54 Å². The van der Waals surface area contributed by atoms with Crippen LogP contribution in [0, 0.1) is 13.8 Å². The summed E-state index contributed by atoms with van der Waals surface area (Å²) in [6.45, 7) is 4.45. The number of benzene rings is 2. The molecule has 1 aliphatic heterocycles. The number of carbonyl (C=O) groups excluding carboxylic acids is 3. The van der Waals surface area contributed by atoms with Gasteiger partial charge in [0.25, 0.3) is 0 Å². The lowest BCUT2D eigenvalue weighted by molar-refractivity contribution is -0.143. The van der Waals surface area contributed by atoms with Crippen molar-refractivity contribution >= 4 is 17.7 Å². The molecule has 2 aromatic carbocycles. The molecule has 0 radical (unpaired) electrons. The van der Waals surface area contributed by atoms with Gasteiger partial charge in [-0.2, -0.15) is 0 Å². The van der Waals surface area contributed by atoms with E-state index in [4.69, 9.17) is 17.2 Å². The van der Waals surface area contributed by atoms with Crippen LogP contribution in [0.5, 0.6) is 5.75 Å². The third-order valence-corrected chi connectivity index (χ3v) is 6.86. The molecule has 194 valence electrons. The fraction of sp³-hybridized carbons (Fsp3) is 0.444. The van der Waals surface area contributed by atoms with Crippen LogP contribution in [0.15, 0.2) is 36.4 Å². The first kappa shape index (κ1) is 27.2. The van der Waals surface area contributed by atoms with E-state index in [1.54, 1.807) is 12.1 Å². The van der Waals surface area contributed by atoms with Crippen molar-refractivity contribution in [3.05, 3.63) is 64.2 Å². The van der Waals surface area contributed by atoms with Crippen LogP contribution in [0.25, 0.3) is 0 Å². The quantitative estimate of drug-likeness (QED) is 0.308. The second-order valence-corrected chi connectivity index (χ2v) is 9.57. The zero-order valence-corrected chi connectivity index (χ0v) is 21.0. The number of phenols is 1. The Morgan fingerprint density at radius 1 is 1.11 bits per heavy atom. The molecular formula is C27H37N5O4. The molecule has 3 atom stereocenters. The highest BCUT2D eigenvalue weighted by Crippen LogP contribution is 2.26. The first-order valence-electron chi connectivity index (χ1n) is 12.3. The molecule has 0 saturated heterocycles.